The standard InChI is InChI=1S/C13H11F2N3S/c14-9-5-8(13(16)19)6-10(15)12(9)18-4-3-11(17-18)7-1-2-7/h3-7H,1-2H2,(H2,16,19). The predicted molar refractivity (Wildman–Crippen MR) is 71.3 cm³/mol. The second-order valence-corrected chi connectivity index (χ2v) is 5.05. The molecule has 1 aromatic carbocycles. The Balaban J connectivity index is 2.05. The number of rotatable bonds is 3. The van der Waals surface area contributed by atoms with Gasteiger partial charge in [0.05, 0.1) is 5.69 Å². The summed E-state index contributed by atoms with van der Waals surface area (Å²) in [5, 5.41) is 4.21. The van der Waals surface area contributed by atoms with Crippen molar-refractivity contribution in [3.8, 4) is 5.69 Å². The average molecular weight is 279 g/mol. The lowest BCUT2D eigenvalue weighted by Gasteiger charge is -2.07. The van der Waals surface area contributed by atoms with Crippen molar-refractivity contribution in [2.45, 2.75) is 18.8 Å². The monoisotopic (exact) mass is 279 g/mol. The molecule has 19 heavy (non-hydrogen) atoms. The van der Waals surface area contributed by atoms with Gasteiger partial charge in [0.25, 0.3) is 0 Å². The summed E-state index contributed by atoms with van der Waals surface area (Å²) < 4.78 is 29.2. The fourth-order valence-electron chi connectivity index (χ4n) is 1.99. The van der Waals surface area contributed by atoms with Crippen molar-refractivity contribution >= 4 is 17.2 Å². The summed E-state index contributed by atoms with van der Waals surface area (Å²) in [4.78, 5) is -0.0384. The zero-order valence-electron chi connectivity index (χ0n) is 9.94. The quantitative estimate of drug-likeness (QED) is 0.878. The molecule has 1 heterocycles. The van der Waals surface area contributed by atoms with Crippen LogP contribution in [0.1, 0.15) is 30.0 Å². The molecule has 0 amide bonds. The fraction of sp³-hybridized carbons (Fsp3) is 0.231. The van der Waals surface area contributed by atoms with E-state index in [1.54, 1.807) is 12.3 Å². The molecule has 0 spiro atoms. The van der Waals surface area contributed by atoms with Crippen molar-refractivity contribution in [3.05, 3.63) is 47.3 Å². The van der Waals surface area contributed by atoms with E-state index in [9.17, 15) is 8.78 Å². The SMILES string of the molecule is NC(=S)c1cc(F)c(-n2ccc(C3CC3)n2)c(F)c1. The second-order valence-electron chi connectivity index (χ2n) is 4.61. The van der Waals surface area contributed by atoms with Gasteiger partial charge in [-0.25, -0.2) is 13.5 Å². The number of nitrogens with two attached hydrogens (primary N) is 1. The first kappa shape index (κ1) is 12.2. The van der Waals surface area contributed by atoms with Gasteiger partial charge in [0.1, 0.15) is 10.7 Å². The van der Waals surface area contributed by atoms with Crippen LogP contribution in [0.4, 0.5) is 8.78 Å². The fourth-order valence-corrected chi connectivity index (χ4v) is 2.10. The van der Waals surface area contributed by atoms with Gasteiger partial charge in [0, 0.05) is 17.7 Å². The first-order valence-corrected chi connectivity index (χ1v) is 6.32. The van der Waals surface area contributed by atoms with Crippen LogP contribution in [0.25, 0.3) is 5.69 Å². The number of aromatic nitrogens is 2. The Kier molecular flexibility index (Phi) is 2.82. The van der Waals surface area contributed by atoms with E-state index < -0.39 is 11.6 Å². The number of thiocarbonyl (C=S) groups is 1. The van der Waals surface area contributed by atoms with Gasteiger partial charge in [-0.2, -0.15) is 5.10 Å². The van der Waals surface area contributed by atoms with E-state index in [1.807, 2.05) is 0 Å². The molecule has 2 N–H and O–H groups in total. The Morgan fingerprint density at radius 2 is 1.95 bits per heavy atom. The first-order chi connectivity index (χ1) is 9.06. The van der Waals surface area contributed by atoms with Gasteiger partial charge >= 0.3 is 0 Å². The smallest absolute Gasteiger partial charge is 0.152 e. The van der Waals surface area contributed by atoms with Crippen molar-refractivity contribution in [2.24, 2.45) is 5.73 Å². The molecule has 0 atom stereocenters. The Hall–Kier alpha value is -1.82. The highest BCUT2D eigenvalue weighted by atomic mass is 32.1. The van der Waals surface area contributed by atoms with Crippen LogP contribution in [0.5, 0.6) is 0 Å². The van der Waals surface area contributed by atoms with Crippen LogP contribution < -0.4 is 5.73 Å². The van der Waals surface area contributed by atoms with Crippen LogP contribution in [0.15, 0.2) is 24.4 Å². The molecule has 1 aliphatic carbocycles. The van der Waals surface area contributed by atoms with Crippen LogP contribution in [-0.2, 0) is 0 Å². The molecule has 2 aromatic rings. The van der Waals surface area contributed by atoms with E-state index in [1.165, 1.54) is 4.68 Å². The Bertz CT molecular complexity index is 639. The topological polar surface area (TPSA) is 43.8 Å². The number of benzene rings is 1. The van der Waals surface area contributed by atoms with Gasteiger partial charge in [-0.15, -0.1) is 0 Å². The van der Waals surface area contributed by atoms with E-state index >= 15 is 0 Å². The number of nitrogens with zero attached hydrogens (tertiary/aromatic N) is 2. The van der Waals surface area contributed by atoms with Gasteiger partial charge in [-0.05, 0) is 31.0 Å². The molecule has 0 aliphatic heterocycles. The van der Waals surface area contributed by atoms with Crippen molar-refractivity contribution < 1.29 is 8.78 Å². The predicted octanol–water partition coefficient (Wildman–Crippen LogP) is 2.66. The maximum Gasteiger partial charge on any atom is 0.152 e. The van der Waals surface area contributed by atoms with Crippen molar-refractivity contribution in [2.75, 3.05) is 0 Å². The van der Waals surface area contributed by atoms with E-state index in [4.69, 9.17) is 18.0 Å². The summed E-state index contributed by atoms with van der Waals surface area (Å²) in [7, 11) is 0. The number of hydrogen-bond donors (Lipinski definition) is 1. The van der Waals surface area contributed by atoms with Crippen LogP contribution >= 0.6 is 12.2 Å². The minimum absolute atomic E-state index is 0.0384. The van der Waals surface area contributed by atoms with Gasteiger partial charge in [-0.1, -0.05) is 12.2 Å². The molecule has 0 radical (unpaired) electrons. The molecule has 3 rings (SSSR count). The Labute approximate surface area is 114 Å². The maximum absolute atomic E-state index is 14.0. The summed E-state index contributed by atoms with van der Waals surface area (Å²) in [6.07, 6.45) is 3.74. The van der Waals surface area contributed by atoms with Crippen molar-refractivity contribution in [1.82, 2.24) is 9.78 Å². The highest BCUT2D eigenvalue weighted by molar-refractivity contribution is 7.80. The number of hydrogen-bond acceptors (Lipinski definition) is 2. The van der Waals surface area contributed by atoms with Crippen LogP contribution in [0.2, 0.25) is 0 Å². The van der Waals surface area contributed by atoms with Crippen LogP contribution in [-0.4, -0.2) is 14.8 Å². The summed E-state index contributed by atoms with van der Waals surface area (Å²) in [5.74, 6) is -1.02. The normalized spacial score (nSPS) is 14.6. The second kappa shape index (κ2) is 4.38. The summed E-state index contributed by atoms with van der Waals surface area (Å²) in [6, 6.07) is 4.04. The third kappa shape index (κ3) is 2.23. The van der Waals surface area contributed by atoms with Crippen LogP contribution in [0, 0.1) is 11.6 Å². The molecular formula is C13H11F2N3S. The van der Waals surface area contributed by atoms with Gasteiger partial charge in [0.2, 0.25) is 0 Å². The van der Waals surface area contributed by atoms with Crippen LogP contribution in [0.3, 0.4) is 0 Å². The molecule has 0 saturated heterocycles. The van der Waals surface area contributed by atoms with Crippen molar-refractivity contribution in [3.63, 3.8) is 0 Å². The molecule has 1 fully saturated rings. The molecule has 0 bridgehead atoms. The molecule has 3 nitrogen and oxygen atoms in total. The third-order valence-corrected chi connectivity index (χ3v) is 3.37. The molecule has 0 unspecified atom stereocenters. The molecule has 98 valence electrons. The van der Waals surface area contributed by atoms with Gasteiger partial charge < -0.3 is 5.73 Å². The van der Waals surface area contributed by atoms with E-state index in [0.29, 0.717) is 5.92 Å². The van der Waals surface area contributed by atoms with Gasteiger partial charge in [-0.3, -0.25) is 0 Å². The molecule has 6 heteroatoms. The van der Waals surface area contributed by atoms with E-state index in [2.05, 4.69) is 5.10 Å². The zero-order valence-corrected chi connectivity index (χ0v) is 10.8. The lowest BCUT2D eigenvalue weighted by molar-refractivity contribution is 0.558. The number of halogens is 2. The molecule has 1 aliphatic rings. The highest BCUT2D eigenvalue weighted by Gasteiger charge is 2.26. The molecular weight excluding hydrogens is 268 g/mol. The Morgan fingerprint density at radius 3 is 2.47 bits per heavy atom. The molecule has 1 aromatic heterocycles. The highest BCUT2D eigenvalue weighted by Crippen LogP contribution is 2.39. The Morgan fingerprint density at radius 1 is 1.32 bits per heavy atom. The lowest BCUT2D eigenvalue weighted by atomic mass is 10.2. The average Bonchev–Trinajstić information content (AvgIpc) is 3.08. The maximum atomic E-state index is 14.0. The first-order valence-electron chi connectivity index (χ1n) is 5.91. The van der Waals surface area contributed by atoms with E-state index in [0.717, 1.165) is 30.7 Å². The largest absolute Gasteiger partial charge is 0.389 e. The summed E-state index contributed by atoms with van der Waals surface area (Å²) in [6.45, 7) is 0. The molecule has 1 saturated carbocycles. The lowest BCUT2D eigenvalue weighted by Crippen LogP contribution is -2.12. The zero-order chi connectivity index (χ0) is 13.6. The minimum atomic E-state index is -0.728. The minimum Gasteiger partial charge on any atom is -0.389 e. The summed E-state index contributed by atoms with van der Waals surface area (Å²) in [5.41, 5.74) is 6.21. The van der Waals surface area contributed by atoms with E-state index in [-0.39, 0.29) is 16.2 Å². The van der Waals surface area contributed by atoms with Crippen molar-refractivity contribution in [1.29, 1.82) is 0 Å². The van der Waals surface area contributed by atoms with Gasteiger partial charge in [0.15, 0.2) is 11.6 Å². The third-order valence-electron chi connectivity index (χ3n) is 3.14. The summed E-state index contributed by atoms with van der Waals surface area (Å²) >= 11 is 4.71.